The molecule has 6 nitrogen and oxygen atoms in total. The SMILES string of the molecule is CC[C@H]1C(=O)C2C3CCC([C@H](C)CC(C(=O)OC)C(=O)OC)[C@@]3(C)CCC2[C@@]2(C)CCC(=O)CC12. The van der Waals surface area contributed by atoms with Gasteiger partial charge in [-0.1, -0.05) is 27.7 Å². The van der Waals surface area contributed by atoms with Crippen LogP contribution in [-0.2, 0) is 28.7 Å². The van der Waals surface area contributed by atoms with Crippen LogP contribution in [0.1, 0.15) is 85.5 Å². The van der Waals surface area contributed by atoms with Crippen molar-refractivity contribution in [3.63, 3.8) is 0 Å². The van der Waals surface area contributed by atoms with E-state index in [-0.39, 0.29) is 34.5 Å². The van der Waals surface area contributed by atoms with Gasteiger partial charge < -0.3 is 9.47 Å². The second-order valence-electron chi connectivity index (χ2n) is 12.6. The molecule has 0 radical (unpaired) electrons. The standard InChI is InChI=1S/C29H44O6/c1-7-18-23-15-17(30)10-12-29(23,4)22-11-13-28(3)20(8-9-21(28)24(22)25(18)31)16(2)14-19(26(32)34-5)27(33)35-6/h16,18-24H,7-15H2,1-6H3/t16-,18-,20?,21?,22?,23?,24?,28-,29-/m1/s1. The molecule has 196 valence electrons. The van der Waals surface area contributed by atoms with Gasteiger partial charge in [-0.15, -0.1) is 0 Å². The highest BCUT2D eigenvalue weighted by atomic mass is 16.5. The molecule has 4 aliphatic carbocycles. The average Bonchev–Trinajstić information content (AvgIpc) is 3.20. The van der Waals surface area contributed by atoms with Gasteiger partial charge in [0.2, 0.25) is 0 Å². The van der Waals surface area contributed by atoms with Crippen molar-refractivity contribution in [3.05, 3.63) is 0 Å². The maximum Gasteiger partial charge on any atom is 0.320 e. The summed E-state index contributed by atoms with van der Waals surface area (Å²) < 4.78 is 9.80. The minimum atomic E-state index is -0.904. The van der Waals surface area contributed by atoms with Gasteiger partial charge in [0.15, 0.2) is 5.92 Å². The molecule has 4 saturated carbocycles. The summed E-state index contributed by atoms with van der Waals surface area (Å²) in [6, 6.07) is 0. The van der Waals surface area contributed by atoms with E-state index in [4.69, 9.17) is 9.47 Å². The quantitative estimate of drug-likeness (QED) is 0.385. The molecule has 0 saturated heterocycles. The normalized spacial score (nSPS) is 41.6. The maximum absolute atomic E-state index is 14.1. The second-order valence-corrected chi connectivity index (χ2v) is 12.6. The first-order valence-corrected chi connectivity index (χ1v) is 13.7. The van der Waals surface area contributed by atoms with Crippen LogP contribution in [0, 0.1) is 58.2 Å². The second kappa shape index (κ2) is 9.63. The molecule has 5 unspecified atom stereocenters. The number of hydrogen-bond acceptors (Lipinski definition) is 6. The summed E-state index contributed by atoms with van der Waals surface area (Å²) in [7, 11) is 2.62. The van der Waals surface area contributed by atoms with Gasteiger partial charge in [0.1, 0.15) is 11.6 Å². The van der Waals surface area contributed by atoms with E-state index in [0.717, 1.165) is 38.5 Å². The molecule has 0 N–H and O–H groups in total. The summed E-state index contributed by atoms with van der Waals surface area (Å²) in [6.07, 6.45) is 7.52. The average molecular weight is 489 g/mol. The number of rotatable bonds is 6. The third kappa shape index (κ3) is 4.07. The van der Waals surface area contributed by atoms with Crippen molar-refractivity contribution in [1.82, 2.24) is 0 Å². The minimum absolute atomic E-state index is 0.00708. The fourth-order valence-electron chi connectivity index (χ4n) is 9.53. The highest BCUT2D eigenvalue weighted by Gasteiger charge is 2.65. The first kappa shape index (κ1) is 26.3. The van der Waals surface area contributed by atoms with Crippen LogP contribution in [0.4, 0.5) is 0 Å². The van der Waals surface area contributed by atoms with Gasteiger partial charge in [-0.05, 0) is 85.4 Å². The van der Waals surface area contributed by atoms with Crippen LogP contribution in [0.15, 0.2) is 0 Å². The lowest BCUT2D eigenvalue weighted by Crippen LogP contribution is -2.60. The first-order chi connectivity index (χ1) is 16.5. The molecule has 0 amide bonds. The smallest absolute Gasteiger partial charge is 0.320 e. The number of carbonyl (C=O) groups excluding carboxylic acids is 4. The van der Waals surface area contributed by atoms with Crippen molar-refractivity contribution in [2.75, 3.05) is 14.2 Å². The van der Waals surface area contributed by atoms with Gasteiger partial charge in [0.25, 0.3) is 0 Å². The molecule has 0 aliphatic heterocycles. The van der Waals surface area contributed by atoms with E-state index in [2.05, 4.69) is 27.7 Å². The van der Waals surface area contributed by atoms with E-state index in [9.17, 15) is 19.2 Å². The molecular weight excluding hydrogens is 444 g/mol. The molecule has 0 bridgehead atoms. The molecule has 0 aromatic carbocycles. The zero-order chi connectivity index (χ0) is 25.7. The van der Waals surface area contributed by atoms with Crippen molar-refractivity contribution in [2.45, 2.75) is 85.5 Å². The Hall–Kier alpha value is -1.72. The Morgan fingerprint density at radius 2 is 1.57 bits per heavy atom. The Balaban J connectivity index is 1.60. The van der Waals surface area contributed by atoms with Crippen LogP contribution in [-0.4, -0.2) is 37.7 Å². The number of methoxy groups -OCH3 is 2. The lowest BCUT2D eigenvalue weighted by Gasteiger charge is -2.61. The largest absolute Gasteiger partial charge is 0.468 e. The zero-order valence-electron chi connectivity index (χ0n) is 22.4. The van der Waals surface area contributed by atoms with Crippen LogP contribution in [0.3, 0.4) is 0 Å². The van der Waals surface area contributed by atoms with Gasteiger partial charge in [-0.3, -0.25) is 19.2 Å². The fraction of sp³-hybridized carbons (Fsp3) is 0.862. The lowest BCUT2D eigenvalue weighted by atomic mass is 9.42. The van der Waals surface area contributed by atoms with Crippen LogP contribution >= 0.6 is 0 Å². The highest BCUT2D eigenvalue weighted by Crippen LogP contribution is 2.68. The van der Waals surface area contributed by atoms with Crippen molar-refractivity contribution in [2.24, 2.45) is 58.2 Å². The number of ether oxygens (including phenoxy) is 2. The summed E-state index contributed by atoms with van der Waals surface area (Å²) in [5, 5.41) is 0. The van der Waals surface area contributed by atoms with E-state index in [1.807, 2.05) is 0 Å². The Labute approximate surface area is 210 Å². The number of carbonyl (C=O) groups is 4. The molecular formula is C29H44O6. The number of Topliss-reactive ketones (excluding diaryl/α,β-unsaturated/α-hetero) is 2. The monoisotopic (exact) mass is 488 g/mol. The topological polar surface area (TPSA) is 86.7 Å². The molecule has 6 heteroatoms. The van der Waals surface area contributed by atoms with Gasteiger partial charge in [-0.2, -0.15) is 0 Å². The summed E-state index contributed by atoms with van der Waals surface area (Å²) in [5.41, 5.74) is 0.0814. The Morgan fingerprint density at radius 1 is 0.943 bits per heavy atom. The Morgan fingerprint density at radius 3 is 2.17 bits per heavy atom. The van der Waals surface area contributed by atoms with E-state index in [1.165, 1.54) is 14.2 Å². The first-order valence-electron chi connectivity index (χ1n) is 13.7. The predicted molar refractivity (Wildman–Crippen MR) is 131 cm³/mol. The van der Waals surface area contributed by atoms with Crippen molar-refractivity contribution < 1.29 is 28.7 Å². The van der Waals surface area contributed by atoms with Crippen LogP contribution in [0.2, 0.25) is 0 Å². The van der Waals surface area contributed by atoms with Crippen molar-refractivity contribution in [3.8, 4) is 0 Å². The van der Waals surface area contributed by atoms with Crippen molar-refractivity contribution in [1.29, 1.82) is 0 Å². The molecule has 4 rings (SSSR count). The number of esters is 2. The third-order valence-electron chi connectivity index (χ3n) is 11.3. The summed E-state index contributed by atoms with van der Waals surface area (Å²) in [4.78, 5) is 51.1. The summed E-state index contributed by atoms with van der Waals surface area (Å²) in [6.45, 7) is 9.00. The van der Waals surface area contributed by atoms with Gasteiger partial charge in [0, 0.05) is 24.7 Å². The van der Waals surface area contributed by atoms with Gasteiger partial charge >= 0.3 is 11.9 Å². The Kier molecular flexibility index (Phi) is 7.25. The number of ketones is 2. The van der Waals surface area contributed by atoms with E-state index in [1.54, 1.807) is 0 Å². The lowest BCUT2D eigenvalue weighted by molar-refractivity contribution is -0.170. The number of fused-ring (bicyclic) bond motifs is 5. The third-order valence-corrected chi connectivity index (χ3v) is 11.3. The maximum atomic E-state index is 14.1. The highest BCUT2D eigenvalue weighted by molar-refractivity contribution is 5.94. The molecule has 9 atom stereocenters. The zero-order valence-corrected chi connectivity index (χ0v) is 22.4. The molecule has 0 heterocycles. The molecule has 35 heavy (non-hydrogen) atoms. The number of hydrogen-bond donors (Lipinski definition) is 0. The van der Waals surface area contributed by atoms with Crippen LogP contribution < -0.4 is 0 Å². The van der Waals surface area contributed by atoms with E-state index >= 15 is 0 Å². The molecule has 0 aromatic heterocycles. The Bertz CT molecular complexity index is 864. The summed E-state index contributed by atoms with van der Waals surface area (Å²) >= 11 is 0. The van der Waals surface area contributed by atoms with Gasteiger partial charge in [-0.25, -0.2) is 0 Å². The molecule has 0 spiro atoms. The van der Waals surface area contributed by atoms with Gasteiger partial charge in [0.05, 0.1) is 14.2 Å². The fourth-order valence-corrected chi connectivity index (χ4v) is 9.53. The molecule has 0 aromatic rings. The molecule has 4 aliphatic rings. The van der Waals surface area contributed by atoms with E-state index in [0.29, 0.717) is 48.6 Å². The van der Waals surface area contributed by atoms with Crippen LogP contribution in [0.5, 0.6) is 0 Å². The summed E-state index contributed by atoms with van der Waals surface area (Å²) in [5.74, 6) is 0.216. The predicted octanol–water partition coefficient (Wildman–Crippen LogP) is 5.02. The molecule has 4 fully saturated rings. The minimum Gasteiger partial charge on any atom is -0.468 e. The van der Waals surface area contributed by atoms with Crippen LogP contribution in [0.25, 0.3) is 0 Å². The van der Waals surface area contributed by atoms with Crippen molar-refractivity contribution >= 4 is 23.5 Å². The van der Waals surface area contributed by atoms with E-state index < -0.39 is 17.9 Å².